The Kier molecular flexibility index (Phi) is 4.33. The smallest absolute Gasteiger partial charge is 0.254 e. The van der Waals surface area contributed by atoms with E-state index in [0.717, 1.165) is 5.69 Å². The molecule has 128 valence electrons. The third-order valence-electron chi connectivity index (χ3n) is 3.23. The zero-order valence-corrected chi connectivity index (χ0v) is 12.5. The van der Waals surface area contributed by atoms with Crippen molar-refractivity contribution in [2.45, 2.75) is 0 Å². The van der Waals surface area contributed by atoms with E-state index in [1.165, 1.54) is 17.3 Å². The maximum absolute atomic E-state index is 13.5. The van der Waals surface area contributed by atoms with E-state index in [0.29, 0.717) is 5.56 Å². The van der Waals surface area contributed by atoms with E-state index in [1.807, 2.05) is 0 Å². The fraction of sp³-hybridized carbons (Fsp3) is 0. The zero-order chi connectivity index (χ0) is 18.0. The Morgan fingerprint density at radius 1 is 1.00 bits per heavy atom. The third-order valence-corrected chi connectivity index (χ3v) is 3.23. The summed E-state index contributed by atoms with van der Waals surface area (Å²) in [6, 6.07) is 6.75. The van der Waals surface area contributed by atoms with Gasteiger partial charge in [0.15, 0.2) is 0 Å². The van der Waals surface area contributed by atoms with E-state index in [1.54, 1.807) is 24.3 Å². The number of nitrogens with zero attached hydrogens (tertiary/aromatic N) is 4. The van der Waals surface area contributed by atoms with Crippen molar-refractivity contribution in [2.75, 3.05) is 5.43 Å². The molecule has 2 N–H and O–H groups in total. The molecule has 2 heterocycles. The summed E-state index contributed by atoms with van der Waals surface area (Å²) < 4.78 is 54.7. The van der Waals surface area contributed by atoms with Gasteiger partial charge in [-0.3, -0.25) is 5.43 Å². The molecule has 3 aromatic rings. The molecular formula is C15H10F4N6. The second kappa shape index (κ2) is 6.59. The first-order valence-corrected chi connectivity index (χ1v) is 6.83. The fourth-order valence-corrected chi connectivity index (χ4v) is 1.96. The van der Waals surface area contributed by atoms with Gasteiger partial charge in [0.1, 0.15) is 18.3 Å². The van der Waals surface area contributed by atoms with E-state index in [4.69, 9.17) is 0 Å². The number of rotatable bonds is 5. The topological polar surface area (TPSA) is 67.7 Å². The van der Waals surface area contributed by atoms with Gasteiger partial charge < -0.3 is 5.43 Å². The molecule has 0 atom stereocenters. The van der Waals surface area contributed by atoms with Crippen LogP contribution in [0, 0.1) is 23.5 Å². The predicted molar refractivity (Wildman–Crippen MR) is 81.2 cm³/mol. The molecule has 25 heavy (non-hydrogen) atoms. The number of hydrogen-bond acceptors (Lipinski definition) is 5. The molecule has 0 aliphatic carbocycles. The van der Waals surface area contributed by atoms with Gasteiger partial charge in [-0.2, -0.15) is 27.6 Å². The predicted octanol–water partition coefficient (Wildman–Crippen LogP) is 2.81. The van der Waals surface area contributed by atoms with Crippen LogP contribution in [-0.2, 0) is 0 Å². The Hall–Kier alpha value is -3.43. The maximum Gasteiger partial charge on any atom is 0.254 e. The van der Waals surface area contributed by atoms with E-state index in [-0.39, 0.29) is 5.70 Å². The van der Waals surface area contributed by atoms with Crippen LogP contribution in [0.2, 0.25) is 0 Å². The minimum Gasteiger partial charge on any atom is -0.301 e. The summed E-state index contributed by atoms with van der Waals surface area (Å²) in [5, 5.41) is 3.97. The minimum absolute atomic E-state index is 0.210. The molecule has 0 fully saturated rings. The molecule has 0 saturated heterocycles. The Bertz CT molecular complexity index is 883. The number of pyridine rings is 1. The number of anilines is 1. The minimum atomic E-state index is -1.76. The first kappa shape index (κ1) is 16.4. The van der Waals surface area contributed by atoms with Gasteiger partial charge in [-0.05, 0) is 17.7 Å². The van der Waals surface area contributed by atoms with Crippen molar-refractivity contribution in [1.82, 2.24) is 25.2 Å². The summed E-state index contributed by atoms with van der Waals surface area (Å²) in [6.07, 6.45) is 2.90. The van der Waals surface area contributed by atoms with Gasteiger partial charge in [-0.25, -0.2) is 9.67 Å². The van der Waals surface area contributed by atoms with Gasteiger partial charge in [-0.15, -0.1) is 0 Å². The van der Waals surface area contributed by atoms with Crippen LogP contribution in [0.3, 0.4) is 0 Å². The summed E-state index contributed by atoms with van der Waals surface area (Å²) in [4.78, 5) is 6.29. The number of benzene rings is 1. The van der Waals surface area contributed by atoms with Crippen molar-refractivity contribution in [1.29, 1.82) is 0 Å². The van der Waals surface area contributed by atoms with E-state index in [2.05, 4.69) is 32.5 Å². The number of halogens is 4. The Morgan fingerprint density at radius 3 is 2.20 bits per heavy atom. The summed E-state index contributed by atoms with van der Waals surface area (Å²) >= 11 is 0. The monoisotopic (exact) mass is 350 g/mol. The standard InChI is InChI=1S/C15H10F4N6/c1-8(9-2-4-10(5-3-9)25-7-20-6-21-25)23-24-13-11(16)14(18)22-15(19)12(13)17/h2-7,23H,1H2,(H,22,24). The summed E-state index contributed by atoms with van der Waals surface area (Å²) in [6.45, 7) is 3.68. The van der Waals surface area contributed by atoms with Crippen LogP contribution in [0.5, 0.6) is 0 Å². The van der Waals surface area contributed by atoms with Crippen molar-refractivity contribution in [3.63, 3.8) is 0 Å². The molecule has 0 spiro atoms. The van der Waals surface area contributed by atoms with Crippen molar-refractivity contribution in [2.24, 2.45) is 0 Å². The highest BCUT2D eigenvalue weighted by Crippen LogP contribution is 2.22. The Balaban J connectivity index is 1.73. The third kappa shape index (κ3) is 3.27. The lowest BCUT2D eigenvalue weighted by atomic mass is 10.1. The van der Waals surface area contributed by atoms with Gasteiger partial charge in [0.2, 0.25) is 11.6 Å². The zero-order valence-electron chi connectivity index (χ0n) is 12.5. The maximum atomic E-state index is 13.5. The Morgan fingerprint density at radius 2 is 1.64 bits per heavy atom. The molecule has 3 rings (SSSR count). The van der Waals surface area contributed by atoms with E-state index >= 15 is 0 Å². The average molecular weight is 350 g/mol. The van der Waals surface area contributed by atoms with Crippen LogP contribution in [0.15, 0.2) is 43.5 Å². The van der Waals surface area contributed by atoms with Crippen molar-refractivity contribution in [3.8, 4) is 5.69 Å². The summed E-state index contributed by atoms with van der Waals surface area (Å²) in [5.41, 5.74) is 4.91. The number of nitrogens with one attached hydrogen (secondary N) is 2. The number of aromatic nitrogens is 4. The average Bonchev–Trinajstić information content (AvgIpc) is 3.14. The molecule has 0 aliphatic heterocycles. The van der Waals surface area contributed by atoms with Crippen LogP contribution < -0.4 is 10.9 Å². The first-order valence-electron chi connectivity index (χ1n) is 6.83. The van der Waals surface area contributed by atoms with Crippen LogP contribution in [-0.4, -0.2) is 19.7 Å². The molecule has 0 unspecified atom stereocenters. The van der Waals surface area contributed by atoms with Gasteiger partial charge in [-0.1, -0.05) is 18.7 Å². The lowest BCUT2D eigenvalue weighted by Crippen LogP contribution is -2.22. The SMILES string of the molecule is C=C(NNc1c(F)c(F)nc(F)c1F)c1ccc(-n2cncn2)cc1. The van der Waals surface area contributed by atoms with Crippen LogP contribution >= 0.6 is 0 Å². The summed E-state index contributed by atoms with van der Waals surface area (Å²) in [7, 11) is 0. The molecular weight excluding hydrogens is 340 g/mol. The van der Waals surface area contributed by atoms with Gasteiger partial charge >= 0.3 is 0 Å². The molecule has 10 heteroatoms. The fourth-order valence-electron chi connectivity index (χ4n) is 1.96. The quantitative estimate of drug-likeness (QED) is 0.421. The lowest BCUT2D eigenvalue weighted by molar-refractivity contribution is 0.410. The van der Waals surface area contributed by atoms with Gasteiger partial charge in [0.05, 0.1) is 11.4 Å². The molecule has 0 aliphatic rings. The highest BCUT2D eigenvalue weighted by atomic mass is 19.2. The van der Waals surface area contributed by atoms with Crippen LogP contribution in [0.1, 0.15) is 5.56 Å². The van der Waals surface area contributed by atoms with Gasteiger partial charge in [0, 0.05) is 0 Å². The largest absolute Gasteiger partial charge is 0.301 e. The highest BCUT2D eigenvalue weighted by Gasteiger charge is 2.20. The van der Waals surface area contributed by atoms with Gasteiger partial charge in [0.25, 0.3) is 11.9 Å². The molecule has 1 aromatic carbocycles. The first-order chi connectivity index (χ1) is 12.0. The molecule has 0 bridgehead atoms. The van der Waals surface area contributed by atoms with Crippen molar-refractivity contribution >= 4 is 11.4 Å². The van der Waals surface area contributed by atoms with Crippen LogP contribution in [0.4, 0.5) is 23.2 Å². The number of hydrazine groups is 1. The molecule has 0 amide bonds. The number of hydrogen-bond donors (Lipinski definition) is 2. The van der Waals surface area contributed by atoms with Crippen molar-refractivity contribution < 1.29 is 17.6 Å². The second-order valence-corrected chi connectivity index (χ2v) is 4.81. The molecule has 0 saturated carbocycles. The van der Waals surface area contributed by atoms with E-state index in [9.17, 15) is 17.6 Å². The van der Waals surface area contributed by atoms with E-state index < -0.39 is 29.2 Å². The molecule has 6 nitrogen and oxygen atoms in total. The van der Waals surface area contributed by atoms with Crippen LogP contribution in [0.25, 0.3) is 11.4 Å². The van der Waals surface area contributed by atoms with Crippen molar-refractivity contribution in [3.05, 3.63) is 72.6 Å². The lowest BCUT2D eigenvalue weighted by Gasteiger charge is -2.14. The molecule has 2 aromatic heterocycles. The summed E-state index contributed by atoms with van der Waals surface area (Å²) in [5.74, 6) is -6.82. The highest BCUT2D eigenvalue weighted by molar-refractivity contribution is 5.64. The Labute approximate surface area is 138 Å². The second-order valence-electron chi connectivity index (χ2n) is 4.81. The molecule has 0 radical (unpaired) electrons. The normalized spacial score (nSPS) is 10.6.